The Morgan fingerprint density at radius 3 is 2.62 bits per heavy atom. The zero-order valence-electron chi connectivity index (χ0n) is 12.9. The molecular formula is C16H25N3O2. The summed E-state index contributed by atoms with van der Waals surface area (Å²) in [6.45, 7) is 4.63. The summed E-state index contributed by atoms with van der Waals surface area (Å²) in [6.07, 6.45) is 5.66. The van der Waals surface area contributed by atoms with Crippen LogP contribution >= 0.6 is 0 Å². The summed E-state index contributed by atoms with van der Waals surface area (Å²) in [6, 6.07) is 2.35. The number of nitrogens with zero attached hydrogens (tertiary/aromatic N) is 3. The number of piperidine rings is 1. The lowest BCUT2D eigenvalue weighted by Crippen LogP contribution is -2.43. The van der Waals surface area contributed by atoms with Gasteiger partial charge < -0.3 is 9.80 Å². The number of likely N-dealkylation sites (tertiary alicyclic amines) is 2. The second kappa shape index (κ2) is 6.93. The molecule has 0 aromatic rings. The number of carbonyl (C=O) groups excluding carboxylic acids is 2. The number of nitriles is 1. The molecule has 2 amide bonds. The maximum atomic E-state index is 12.2. The summed E-state index contributed by atoms with van der Waals surface area (Å²) < 4.78 is 0. The number of rotatable bonds is 3. The average Bonchev–Trinajstić information content (AvgIpc) is 2.70. The van der Waals surface area contributed by atoms with E-state index < -0.39 is 0 Å². The third-order valence-electron chi connectivity index (χ3n) is 4.76. The van der Waals surface area contributed by atoms with Gasteiger partial charge in [-0.05, 0) is 32.6 Å². The monoisotopic (exact) mass is 291 g/mol. The third-order valence-corrected chi connectivity index (χ3v) is 4.76. The fraction of sp³-hybridized carbons (Fsp3) is 0.812. The Labute approximate surface area is 126 Å². The van der Waals surface area contributed by atoms with Gasteiger partial charge in [-0.25, -0.2) is 0 Å². The molecule has 0 aromatic heterocycles. The van der Waals surface area contributed by atoms with Crippen LogP contribution in [0.2, 0.25) is 0 Å². The van der Waals surface area contributed by atoms with Crippen LogP contribution in [0, 0.1) is 16.7 Å². The van der Waals surface area contributed by atoms with Gasteiger partial charge in [-0.3, -0.25) is 9.59 Å². The third kappa shape index (κ3) is 4.20. The number of hydrogen-bond donors (Lipinski definition) is 0. The van der Waals surface area contributed by atoms with Crippen LogP contribution in [0.4, 0.5) is 0 Å². The first-order valence-corrected chi connectivity index (χ1v) is 8.01. The molecule has 2 aliphatic heterocycles. The lowest BCUT2D eigenvalue weighted by molar-refractivity contribution is -0.135. The standard InChI is InChI=1S/C16H25N3O2/c1-16(13-17)7-11-19(12-8-16)15(21)6-10-18-9-4-2-3-5-14(18)20/h2-12H2,1H3. The van der Waals surface area contributed by atoms with Crippen LogP contribution < -0.4 is 0 Å². The van der Waals surface area contributed by atoms with Crippen LogP contribution in [0.25, 0.3) is 0 Å². The van der Waals surface area contributed by atoms with Gasteiger partial charge in [0.05, 0.1) is 11.5 Å². The van der Waals surface area contributed by atoms with E-state index in [1.54, 1.807) is 0 Å². The second-order valence-corrected chi connectivity index (χ2v) is 6.49. The molecule has 116 valence electrons. The van der Waals surface area contributed by atoms with Crippen LogP contribution in [0.5, 0.6) is 0 Å². The Balaban J connectivity index is 1.77. The van der Waals surface area contributed by atoms with Crippen LogP contribution in [-0.2, 0) is 9.59 Å². The van der Waals surface area contributed by atoms with Crippen LogP contribution in [0.1, 0.15) is 51.9 Å². The van der Waals surface area contributed by atoms with Crippen molar-refractivity contribution < 1.29 is 9.59 Å². The van der Waals surface area contributed by atoms with Gasteiger partial charge in [0.25, 0.3) is 0 Å². The van der Waals surface area contributed by atoms with Crippen molar-refractivity contribution in [2.24, 2.45) is 5.41 Å². The van der Waals surface area contributed by atoms with Crippen LogP contribution in [-0.4, -0.2) is 47.8 Å². The molecule has 0 unspecified atom stereocenters. The molecule has 0 N–H and O–H groups in total. The lowest BCUT2D eigenvalue weighted by Gasteiger charge is -2.35. The number of hydrogen-bond acceptors (Lipinski definition) is 3. The Hall–Kier alpha value is -1.57. The van der Waals surface area contributed by atoms with E-state index in [2.05, 4.69) is 6.07 Å². The highest BCUT2D eigenvalue weighted by atomic mass is 16.2. The Morgan fingerprint density at radius 2 is 1.95 bits per heavy atom. The van der Waals surface area contributed by atoms with Crippen molar-refractivity contribution in [2.75, 3.05) is 26.2 Å². The molecule has 2 aliphatic rings. The zero-order valence-corrected chi connectivity index (χ0v) is 12.9. The van der Waals surface area contributed by atoms with Gasteiger partial charge in [0.2, 0.25) is 11.8 Å². The van der Waals surface area contributed by atoms with E-state index in [0.717, 1.165) is 38.6 Å². The molecule has 2 saturated heterocycles. The van der Waals surface area contributed by atoms with Crippen molar-refractivity contribution in [3.05, 3.63) is 0 Å². The van der Waals surface area contributed by atoms with E-state index in [4.69, 9.17) is 5.26 Å². The summed E-state index contributed by atoms with van der Waals surface area (Å²) in [5.41, 5.74) is -0.280. The largest absolute Gasteiger partial charge is 0.343 e. The van der Waals surface area contributed by atoms with Gasteiger partial charge >= 0.3 is 0 Å². The second-order valence-electron chi connectivity index (χ2n) is 6.49. The highest BCUT2D eigenvalue weighted by Crippen LogP contribution is 2.29. The minimum absolute atomic E-state index is 0.118. The van der Waals surface area contributed by atoms with Gasteiger partial charge in [-0.2, -0.15) is 5.26 Å². The fourth-order valence-electron chi connectivity index (χ4n) is 3.03. The fourth-order valence-corrected chi connectivity index (χ4v) is 3.03. The predicted octanol–water partition coefficient (Wildman–Crippen LogP) is 1.93. The van der Waals surface area contributed by atoms with E-state index in [9.17, 15) is 9.59 Å². The SMILES string of the molecule is CC1(C#N)CCN(C(=O)CCN2CCCCCC2=O)CC1. The van der Waals surface area contributed by atoms with Crippen molar-refractivity contribution in [2.45, 2.75) is 51.9 Å². The highest BCUT2D eigenvalue weighted by molar-refractivity contribution is 5.79. The zero-order chi connectivity index (χ0) is 15.3. The smallest absolute Gasteiger partial charge is 0.224 e. The normalized spacial score (nSPS) is 22.6. The van der Waals surface area contributed by atoms with Crippen molar-refractivity contribution in [1.29, 1.82) is 5.26 Å². The molecule has 21 heavy (non-hydrogen) atoms. The van der Waals surface area contributed by atoms with E-state index in [1.165, 1.54) is 0 Å². The van der Waals surface area contributed by atoms with Crippen LogP contribution in [0.3, 0.4) is 0 Å². The molecule has 0 aliphatic carbocycles. The molecule has 0 radical (unpaired) electrons. The van der Waals surface area contributed by atoms with E-state index in [0.29, 0.717) is 32.5 Å². The molecule has 5 heteroatoms. The number of carbonyl (C=O) groups is 2. The quantitative estimate of drug-likeness (QED) is 0.798. The summed E-state index contributed by atoms with van der Waals surface area (Å²) in [5.74, 6) is 0.308. The topological polar surface area (TPSA) is 64.4 Å². The molecule has 0 spiro atoms. The first-order chi connectivity index (χ1) is 10.0. The lowest BCUT2D eigenvalue weighted by atomic mass is 9.82. The van der Waals surface area contributed by atoms with E-state index >= 15 is 0 Å². The molecule has 2 fully saturated rings. The van der Waals surface area contributed by atoms with E-state index in [1.807, 2.05) is 16.7 Å². The van der Waals surface area contributed by atoms with Gasteiger partial charge in [0.1, 0.15) is 0 Å². The Kier molecular flexibility index (Phi) is 5.22. The molecule has 0 bridgehead atoms. The maximum absolute atomic E-state index is 12.2. The molecule has 5 nitrogen and oxygen atoms in total. The summed E-state index contributed by atoms with van der Waals surface area (Å²) in [5, 5.41) is 9.11. The predicted molar refractivity (Wildman–Crippen MR) is 79.2 cm³/mol. The van der Waals surface area contributed by atoms with Gasteiger partial charge in [0, 0.05) is 39.0 Å². The first kappa shape index (κ1) is 15.8. The summed E-state index contributed by atoms with van der Waals surface area (Å²) in [7, 11) is 0. The van der Waals surface area contributed by atoms with Crippen molar-refractivity contribution in [3.63, 3.8) is 0 Å². The molecular weight excluding hydrogens is 266 g/mol. The molecule has 2 heterocycles. The first-order valence-electron chi connectivity index (χ1n) is 8.01. The molecule has 0 aromatic carbocycles. The highest BCUT2D eigenvalue weighted by Gasteiger charge is 2.31. The van der Waals surface area contributed by atoms with Gasteiger partial charge in [-0.15, -0.1) is 0 Å². The summed E-state index contributed by atoms with van der Waals surface area (Å²) >= 11 is 0. The maximum Gasteiger partial charge on any atom is 0.224 e. The molecule has 0 saturated carbocycles. The van der Waals surface area contributed by atoms with Gasteiger partial charge in [-0.1, -0.05) is 6.42 Å². The van der Waals surface area contributed by atoms with Crippen molar-refractivity contribution in [3.8, 4) is 6.07 Å². The minimum Gasteiger partial charge on any atom is -0.343 e. The Morgan fingerprint density at radius 1 is 1.24 bits per heavy atom. The Bertz CT molecular complexity index is 433. The van der Waals surface area contributed by atoms with Gasteiger partial charge in [0.15, 0.2) is 0 Å². The van der Waals surface area contributed by atoms with Crippen molar-refractivity contribution in [1.82, 2.24) is 9.80 Å². The van der Waals surface area contributed by atoms with Crippen molar-refractivity contribution >= 4 is 11.8 Å². The average molecular weight is 291 g/mol. The van der Waals surface area contributed by atoms with E-state index in [-0.39, 0.29) is 17.2 Å². The summed E-state index contributed by atoms with van der Waals surface area (Å²) in [4.78, 5) is 27.8. The molecule has 0 atom stereocenters. The number of amides is 2. The minimum atomic E-state index is -0.280. The molecule has 2 rings (SSSR count). The van der Waals surface area contributed by atoms with Crippen LogP contribution in [0.15, 0.2) is 0 Å².